The molecule has 0 atom stereocenters. The Kier molecular flexibility index (Phi) is 4.82. The van der Waals surface area contributed by atoms with Gasteiger partial charge in [0.05, 0.1) is 22.8 Å². The largest absolute Gasteiger partial charge is 0.247 e. The van der Waals surface area contributed by atoms with Gasteiger partial charge in [-0.3, -0.25) is 0 Å². The molecule has 168 valence electrons. The van der Waals surface area contributed by atoms with Gasteiger partial charge in [-0.15, -0.1) is 0 Å². The zero-order valence-electron chi connectivity index (χ0n) is 19.6. The van der Waals surface area contributed by atoms with E-state index in [1.807, 2.05) is 12.1 Å². The Morgan fingerprint density at radius 3 is 1.19 bits per heavy atom. The minimum Gasteiger partial charge on any atom is -0.247 e. The van der Waals surface area contributed by atoms with Crippen molar-refractivity contribution < 1.29 is 0 Å². The van der Waals surface area contributed by atoms with Crippen LogP contribution < -0.4 is 0 Å². The number of hydrogen-bond donors (Lipinski definition) is 0. The second kappa shape index (κ2) is 8.44. The minimum atomic E-state index is 0.919. The molecular formula is C34H22N2. The molecule has 0 N–H and O–H groups in total. The van der Waals surface area contributed by atoms with Crippen LogP contribution in [0, 0.1) is 0 Å². The summed E-state index contributed by atoms with van der Waals surface area (Å²) in [5, 5.41) is 4.84. The van der Waals surface area contributed by atoms with E-state index in [2.05, 4.69) is 121 Å². The van der Waals surface area contributed by atoms with Gasteiger partial charge in [-0.1, -0.05) is 109 Å². The lowest BCUT2D eigenvalue weighted by molar-refractivity contribution is 1.39. The highest BCUT2D eigenvalue weighted by Crippen LogP contribution is 2.34. The molecule has 0 fully saturated rings. The van der Waals surface area contributed by atoms with Gasteiger partial charge in [0.2, 0.25) is 0 Å². The average Bonchev–Trinajstić information content (AvgIpc) is 2.94. The van der Waals surface area contributed by atoms with E-state index < -0.39 is 0 Å². The van der Waals surface area contributed by atoms with E-state index in [0.29, 0.717) is 0 Å². The molecule has 6 aromatic rings. The first-order chi connectivity index (χ1) is 17.8. The van der Waals surface area contributed by atoms with Crippen molar-refractivity contribution in [1.82, 2.24) is 0 Å². The quantitative estimate of drug-likeness (QED) is 0.248. The van der Waals surface area contributed by atoms with Crippen LogP contribution in [0.15, 0.2) is 143 Å². The van der Waals surface area contributed by atoms with Gasteiger partial charge in [0.25, 0.3) is 0 Å². The maximum Gasteiger partial charge on any atom is 0.0803 e. The van der Waals surface area contributed by atoms with E-state index >= 15 is 0 Å². The first-order valence-electron chi connectivity index (χ1n) is 12.2. The predicted octanol–water partition coefficient (Wildman–Crippen LogP) is 8.64. The summed E-state index contributed by atoms with van der Waals surface area (Å²) in [6.45, 7) is 0. The molecule has 6 aromatic carbocycles. The summed E-state index contributed by atoms with van der Waals surface area (Å²) in [6, 6.07) is 46.6. The van der Waals surface area contributed by atoms with E-state index in [9.17, 15) is 0 Å². The summed E-state index contributed by atoms with van der Waals surface area (Å²) in [7, 11) is 0. The lowest BCUT2D eigenvalue weighted by Gasteiger charge is -2.18. The van der Waals surface area contributed by atoms with Crippen molar-refractivity contribution >= 4 is 44.3 Å². The fourth-order valence-corrected chi connectivity index (χ4v) is 5.02. The Bertz CT molecular complexity index is 1710. The molecule has 1 aliphatic heterocycles. The predicted molar refractivity (Wildman–Crippen MR) is 151 cm³/mol. The molecule has 0 radical (unpaired) electrons. The standard InChI is InChI=1S/C34H22N2/c1-3-11-25-21-27(19-17-23(25)9-1)33-29-13-5-7-15-31(29)36-34(30-14-6-8-16-32(30)35-33)28-20-18-24-10-2-4-12-26(24)22-28/h1-22H/b33-29?,34-30?,35-32?,35-33-,36-31?,36-34-. The third-order valence-corrected chi connectivity index (χ3v) is 6.83. The number of para-hydroxylation sites is 2. The van der Waals surface area contributed by atoms with Crippen molar-refractivity contribution in [2.75, 3.05) is 0 Å². The Hall–Kier alpha value is -4.82. The molecule has 2 nitrogen and oxygen atoms in total. The van der Waals surface area contributed by atoms with Crippen molar-refractivity contribution in [2.24, 2.45) is 9.98 Å². The van der Waals surface area contributed by atoms with Gasteiger partial charge < -0.3 is 0 Å². The summed E-state index contributed by atoms with van der Waals surface area (Å²) < 4.78 is 0. The van der Waals surface area contributed by atoms with Crippen molar-refractivity contribution in [2.45, 2.75) is 0 Å². The van der Waals surface area contributed by atoms with Crippen LogP contribution in [0.5, 0.6) is 0 Å². The highest BCUT2D eigenvalue weighted by Gasteiger charge is 2.20. The second-order valence-electron chi connectivity index (χ2n) is 9.08. The molecule has 1 heterocycles. The molecule has 0 spiro atoms. The van der Waals surface area contributed by atoms with Crippen LogP contribution in [0.2, 0.25) is 0 Å². The highest BCUT2D eigenvalue weighted by molar-refractivity contribution is 6.23. The molecule has 0 unspecified atom stereocenters. The lowest BCUT2D eigenvalue weighted by atomic mass is 9.94. The molecule has 36 heavy (non-hydrogen) atoms. The van der Waals surface area contributed by atoms with Gasteiger partial charge in [-0.25, -0.2) is 9.98 Å². The van der Waals surface area contributed by atoms with E-state index in [1.54, 1.807) is 0 Å². The zero-order chi connectivity index (χ0) is 23.9. The molecule has 0 aliphatic carbocycles. The normalized spacial score (nSPS) is 15.7. The Morgan fingerprint density at radius 2 is 0.722 bits per heavy atom. The summed E-state index contributed by atoms with van der Waals surface area (Å²) >= 11 is 0. The van der Waals surface area contributed by atoms with E-state index in [-0.39, 0.29) is 0 Å². The van der Waals surface area contributed by atoms with Crippen LogP contribution in [-0.2, 0) is 0 Å². The second-order valence-corrected chi connectivity index (χ2v) is 9.08. The van der Waals surface area contributed by atoms with Crippen LogP contribution in [0.25, 0.3) is 21.5 Å². The third-order valence-electron chi connectivity index (χ3n) is 6.83. The number of hydrogen-bond acceptors (Lipinski definition) is 2. The monoisotopic (exact) mass is 458 g/mol. The van der Waals surface area contributed by atoms with Crippen LogP contribution >= 0.6 is 0 Å². The Morgan fingerprint density at radius 1 is 0.333 bits per heavy atom. The summed E-state index contributed by atoms with van der Waals surface area (Å²) in [5.74, 6) is 0. The van der Waals surface area contributed by atoms with Gasteiger partial charge in [0.15, 0.2) is 0 Å². The zero-order valence-corrected chi connectivity index (χ0v) is 19.6. The van der Waals surface area contributed by atoms with Crippen LogP contribution in [-0.4, -0.2) is 11.4 Å². The number of fused-ring (bicyclic) bond motifs is 4. The van der Waals surface area contributed by atoms with Crippen molar-refractivity contribution in [3.8, 4) is 0 Å². The fourth-order valence-electron chi connectivity index (χ4n) is 5.02. The van der Waals surface area contributed by atoms with E-state index in [1.165, 1.54) is 21.5 Å². The van der Waals surface area contributed by atoms with Gasteiger partial charge in [0, 0.05) is 22.3 Å². The van der Waals surface area contributed by atoms with E-state index in [4.69, 9.17) is 9.98 Å². The Labute approximate surface area is 209 Å². The number of benzene rings is 6. The summed E-state index contributed by atoms with van der Waals surface area (Å²) in [4.78, 5) is 10.6. The molecule has 0 bridgehead atoms. The molecule has 2 heteroatoms. The SMILES string of the molecule is c1ccc2c(c1)/N=C(/c1ccc3ccccc3c1)c1ccccc1/N=C\2c1ccc2ccccc2c1. The molecule has 7 rings (SSSR count). The summed E-state index contributed by atoms with van der Waals surface area (Å²) in [5.41, 5.74) is 7.93. The van der Waals surface area contributed by atoms with Gasteiger partial charge in [-0.2, -0.15) is 0 Å². The van der Waals surface area contributed by atoms with Gasteiger partial charge in [-0.05, 0) is 45.8 Å². The molecule has 0 saturated carbocycles. The molecule has 0 saturated heterocycles. The maximum absolute atomic E-state index is 5.29. The number of aliphatic imine (C=N–C) groups is 2. The number of nitrogens with zero attached hydrogens (tertiary/aromatic N) is 2. The van der Waals surface area contributed by atoms with Crippen molar-refractivity contribution in [3.05, 3.63) is 156 Å². The first kappa shape index (κ1) is 20.5. The molecule has 0 aromatic heterocycles. The molecule has 1 aliphatic rings. The van der Waals surface area contributed by atoms with Crippen molar-refractivity contribution in [3.63, 3.8) is 0 Å². The van der Waals surface area contributed by atoms with E-state index in [0.717, 1.165) is 45.1 Å². The maximum atomic E-state index is 5.29. The topological polar surface area (TPSA) is 24.7 Å². The third kappa shape index (κ3) is 3.52. The van der Waals surface area contributed by atoms with Crippen LogP contribution in [0.3, 0.4) is 0 Å². The number of rotatable bonds is 2. The van der Waals surface area contributed by atoms with Crippen LogP contribution in [0.4, 0.5) is 11.4 Å². The lowest BCUT2D eigenvalue weighted by Crippen LogP contribution is -2.10. The molecular weight excluding hydrogens is 436 g/mol. The van der Waals surface area contributed by atoms with Crippen LogP contribution in [0.1, 0.15) is 22.3 Å². The highest BCUT2D eigenvalue weighted by atomic mass is 14.8. The fraction of sp³-hybridized carbons (Fsp3) is 0. The Balaban J connectivity index is 1.48. The summed E-state index contributed by atoms with van der Waals surface area (Å²) in [6.07, 6.45) is 0. The average molecular weight is 459 g/mol. The minimum absolute atomic E-state index is 0.919. The van der Waals surface area contributed by atoms with Gasteiger partial charge >= 0.3 is 0 Å². The molecule has 0 amide bonds. The smallest absolute Gasteiger partial charge is 0.0803 e. The first-order valence-corrected chi connectivity index (χ1v) is 12.2. The van der Waals surface area contributed by atoms with Gasteiger partial charge in [0.1, 0.15) is 0 Å². The van der Waals surface area contributed by atoms with Crippen molar-refractivity contribution in [1.29, 1.82) is 0 Å².